The van der Waals surface area contributed by atoms with Crippen molar-refractivity contribution in [2.75, 3.05) is 49.8 Å². The molecule has 0 bridgehead atoms. The Bertz CT molecular complexity index is 844. The van der Waals surface area contributed by atoms with E-state index in [1.165, 1.54) is 9.21 Å². The summed E-state index contributed by atoms with van der Waals surface area (Å²) in [4.78, 5) is 5.40. The molecule has 11 heteroatoms. The molecule has 0 radical (unpaired) electrons. The number of guanidine groups is 1. The molecule has 2 aliphatic heterocycles. The number of halogens is 3. The maximum Gasteiger partial charge on any atom is 0.401 e. The Kier molecular flexibility index (Phi) is 6.57. The molecule has 162 valence electrons. The van der Waals surface area contributed by atoms with Crippen LogP contribution >= 0.6 is 0 Å². The highest BCUT2D eigenvalue weighted by Crippen LogP contribution is 2.29. The van der Waals surface area contributed by atoms with E-state index in [2.05, 4.69) is 15.6 Å². The van der Waals surface area contributed by atoms with Crippen LogP contribution in [0.15, 0.2) is 29.3 Å². The van der Waals surface area contributed by atoms with Gasteiger partial charge in [-0.2, -0.15) is 13.2 Å². The first-order chi connectivity index (χ1) is 13.7. The van der Waals surface area contributed by atoms with Crippen molar-refractivity contribution >= 4 is 21.7 Å². The minimum Gasteiger partial charge on any atom is -0.355 e. The molecule has 0 aliphatic carbocycles. The molecule has 2 aliphatic rings. The van der Waals surface area contributed by atoms with Crippen LogP contribution in [0.25, 0.3) is 0 Å². The number of nitrogens with zero attached hydrogens (tertiary/aromatic N) is 3. The lowest BCUT2D eigenvalue weighted by molar-refractivity contribution is -0.143. The van der Waals surface area contributed by atoms with Gasteiger partial charge in [-0.3, -0.25) is 14.2 Å². The third kappa shape index (κ3) is 5.75. The van der Waals surface area contributed by atoms with E-state index in [0.29, 0.717) is 31.9 Å². The van der Waals surface area contributed by atoms with Crippen LogP contribution in [0.3, 0.4) is 0 Å². The van der Waals surface area contributed by atoms with Gasteiger partial charge in [0.2, 0.25) is 10.0 Å². The quantitative estimate of drug-likeness (QED) is 0.521. The fourth-order valence-corrected chi connectivity index (χ4v) is 5.17. The van der Waals surface area contributed by atoms with Crippen LogP contribution in [0, 0.1) is 0 Å². The predicted octanol–water partition coefficient (Wildman–Crippen LogP) is 1.18. The van der Waals surface area contributed by atoms with Crippen molar-refractivity contribution in [3.63, 3.8) is 0 Å². The second-order valence-electron chi connectivity index (χ2n) is 7.25. The van der Waals surface area contributed by atoms with Crippen molar-refractivity contribution in [3.05, 3.63) is 29.8 Å². The molecule has 2 heterocycles. The van der Waals surface area contributed by atoms with Crippen molar-refractivity contribution < 1.29 is 21.6 Å². The van der Waals surface area contributed by atoms with Crippen LogP contribution in [-0.2, 0) is 16.4 Å². The van der Waals surface area contributed by atoms with E-state index in [0.717, 1.165) is 11.3 Å². The summed E-state index contributed by atoms with van der Waals surface area (Å²) < 4.78 is 64.3. The van der Waals surface area contributed by atoms with Crippen LogP contribution in [-0.4, -0.2) is 77.0 Å². The molecule has 0 amide bonds. The van der Waals surface area contributed by atoms with E-state index in [9.17, 15) is 21.6 Å². The third-order valence-electron chi connectivity index (χ3n) is 5.07. The Hall–Kier alpha value is -2.01. The van der Waals surface area contributed by atoms with Crippen molar-refractivity contribution in [2.24, 2.45) is 4.99 Å². The minimum absolute atomic E-state index is 0.104. The molecule has 0 saturated carbocycles. The molecule has 2 N–H and O–H groups in total. The zero-order chi connectivity index (χ0) is 21.1. The lowest BCUT2D eigenvalue weighted by Crippen LogP contribution is -2.47. The van der Waals surface area contributed by atoms with E-state index in [1.807, 2.05) is 18.2 Å². The van der Waals surface area contributed by atoms with Gasteiger partial charge in [-0.25, -0.2) is 8.42 Å². The number of benzene rings is 1. The third-order valence-corrected chi connectivity index (χ3v) is 6.84. The molecule has 1 fully saturated rings. The molecule has 1 unspecified atom stereocenters. The van der Waals surface area contributed by atoms with E-state index in [-0.39, 0.29) is 24.9 Å². The van der Waals surface area contributed by atoms with Gasteiger partial charge in [0.15, 0.2) is 5.96 Å². The maximum absolute atomic E-state index is 12.7. The largest absolute Gasteiger partial charge is 0.401 e. The molecule has 0 aromatic heterocycles. The predicted molar refractivity (Wildman–Crippen MR) is 107 cm³/mol. The van der Waals surface area contributed by atoms with Crippen LogP contribution in [0.4, 0.5) is 18.9 Å². The lowest BCUT2D eigenvalue weighted by Gasteiger charge is -2.21. The number of sulfonamides is 1. The summed E-state index contributed by atoms with van der Waals surface area (Å²) in [5.41, 5.74) is 1.75. The highest BCUT2D eigenvalue weighted by atomic mass is 32.2. The molecule has 0 spiro atoms. The number of likely N-dealkylation sites (tertiary alicyclic amines) is 1. The molecule has 3 rings (SSSR count). The zero-order valence-electron chi connectivity index (χ0n) is 16.2. The monoisotopic (exact) mass is 433 g/mol. The number of alkyl halides is 3. The normalized spacial score (nSPS) is 20.8. The number of hydrogen-bond acceptors (Lipinski definition) is 4. The number of anilines is 1. The summed E-state index contributed by atoms with van der Waals surface area (Å²) in [5.74, 6) is 0.285. The molecular formula is C18H26F3N5O2S. The SMILES string of the molecule is CN=C(NCCS(=O)(=O)N1CCc2ccccc21)NC1CCN(CC(F)(F)F)C1. The smallest absolute Gasteiger partial charge is 0.355 e. The van der Waals surface area contributed by atoms with Gasteiger partial charge < -0.3 is 10.6 Å². The first-order valence-electron chi connectivity index (χ1n) is 9.52. The average Bonchev–Trinajstić information content (AvgIpc) is 3.26. The number of hydrogen-bond donors (Lipinski definition) is 2. The number of aliphatic imine (C=N–C) groups is 1. The van der Waals surface area contributed by atoms with E-state index in [1.54, 1.807) is 13.1 Å². The van der Waals surface area contributed by atoms with Crippen LogP contribution in [0.1, 0.15) is 12.0 Å². The van der Waals surface area contributed by atoms with Gasteiger partial charge in [-0.05, 0) is 24.5 Å². The van der Waals surface area contributed by atoms with Crippen LogP contribution in [0.5, 0.6) is 0 Å². The molecule has 1 aromatic carbocycles. The van der Waals surface area contributed by atoms with Gasteiger partial charge in [0.25, 0.3) is 0 Å². The van der Waals surface area contributed by atoms with E-state index >= 15 is 0 Å². The Morgan fingerprint density at radius 2 is 2.03 bits per heavy atom. The Morgan fingerprint density at radius 1 is 1.28 bits per heavy atom. The zero-order valence-corrected chi connectivity index (χ0v) is 17.1. The number of para-hydroxylation sites is 1. The fourth-order valence-electron chi connectivity index (χ4n) is 3.74. The van der Waals surface area contributed by atoms with Crippen molar-refractivity contribution in [3.8, 4) is 0 Å². The van der Waals surface area contributed by atoms with Gasteiger partial charge in [-0.15, -0.1) is 0 Å². The fraction of sp³-hybridized carbons (Fsp3) is 0.611. The van der Waals surface area contributed by atoms with Gasteiger partial charge in [-0.1, -0.05) is 18.2 Å². The first-order valence-corrected chi connectivity index (χ1v) is 11.1. The Balaban J connectivity index is 1.47. The second kappa shape index (κ2) is 8.78. The second-order valence-corrected chi connectivity index (χ2v) is 9.26. The van der Waals surface area contributed by atoms with Crippen LogP contribution in [0.2, 0.25) is 0 Å². The maximum atomic E-state index is 12.7. The summed E-state index contributed by atoms with van der Waals surface area (Å²) >= 11 is 0. The van der Waals surface area contributed by atoms with Crippen molar-refractivity contribution in [1.29, 1.82) is 0 Å². The van der Waals surface area contributed by atoms with E-state index in [4.69, 9.17) is 0 Å². The highest BCUT2D eigenvalue weighted by Gasteiger charge is 2.34. The van der Waals surface area contributed by atoms with Crippen molar-refractivity contribution in [1.82, 2.24) is 15.5 Å². The van der Waals surface area contributed by atoms with Gasteiger partial charge in [0.05, 0.1) is 18.0 Å². The summed E-state index contributed by atoms with van der Waals surface area (Å²) in [6.45, 7) is 0.290. The molecule has 1 saturated heterocycles. The Labute approximate surface area is 169 Å². The lowest BCUT2D eigenvalue weighted by atomic mass is 10.2. The summed E-state index contributed by atoms with van der Waals surface area (Å²) in [7, 11) is -1.93. The van der Waals surface area contributed by atoms with Gasteiger partial charge in [0.1, 0.15) is 0 Å². The number of nitrogens with one attached hydrogen (secondary N) is 2. The van der Waals surface area contributed by atoms with Crippen molar-refractivity contribution in [2.45, 2.75) is 25.1 Å². The molecular weight excluding hydrogens is 407 g/mol. The number of rotatable bonds is 6. The topological polar surface area (TPSA) is 77.0 Å². The molecule has 29 heavy (non-hydrogen) atoms. The van der Waals surface area contributed by atoms with Crippen LogP contribution < -0.4 is 14.9 Å². The van der Waals surface area contributed by atoms with E-state index < -0.39 is 22.7 Å². The molecule has 1 atom stereocenters. The standard InChI is InChI=1S/C18H26F3N5O2S/c1-22-17(24-15-7-9-25(12-15)13-18(19,20)21)23-8-11-29(27,28)26-10-6-14-4-2-3-5-16(14)26/h2-5,15H,6-13H2,1H3,(H2,22,23,24). The number of fused-ring (bicyclic) bond motifs is 1. The Morgan fingerprint density at radius 3 is 2.76 bits per heavy atom. The summed E-state index contributed by atoms with van der Waals surface area (Å²) in [5, 5.41) is 6.03. The van der Waals surface area contributed by atoms with Gasteiger partial charge >= 0.3 is 6.18 Å². The minimum atomic E-state index is -4.21. The van der Waals surface area contributed by atoms with Gasteiger partial charge in [0, 0.05) is 39.3 Å². The first kappa shape index (κ1) is 21.7. The summed E-state index contributed by atoms with van der Waals surface area (Å²) in [6, 6.07) is 7.29. The molecule has 1 aromatic rings. The molecule has 7 nitrogen and oxygen atoms in total. The highest BCUT2D eigenvalue weighted by molar-refractivity contribution is 7.92. The average molecular weight is 434 g/mol. The summed E-state index contributed by atoms with van der Waals surface area (Å²) in [6.07, 6.45) is -2.95.